The highest BCUT2D eigenvalue weighted by molar-refractivity contribution is 5.84. The summed E-state index contributed by atoms with van der Waals surface area (Å²) < 4.78 is 5.66. The third-order valence-electron chi connectivity index (χ3n) is 3.88. The number of carbonyl (C=O) groups excluding carboxylic acids is 1. The Bertz CT molecular complexity index is 318. The predicted octanol–water partition coefficient (Wildman–Crippen LogP) is 0.733. The molecule has 0 aromatic rings. The average Bonchev–Trinajstić information content (AvgIpc) is 2.65. The molecule has 2 bridgehead atoms. The number of rotatable bonds is 3. The lowest BCUT2D eigenvalue weighted by Gasteiger charge is -2.34. The van der Waals surface area contributed by atoms with E-state index in [2.05, 4.69) is 0 Å². The van der Waals surface area contributed by atoms with Gasteiger partial charge in [-0.2, -0.15) is 0 Å². The van der Waals surface area contributed by atoms with Gasteiger partial charge >= 0.3 is 5.97 Å². The molecular formula is C12H19NO4. The molecule has 96 valence electrons. The molecule has 2 heterocycles. The van der Waals surface area contributed by atoms with Crippen LogP contribution in [0.4, 0.5) is 0 Å². The fourth-order valence-electron chi connectivity index (χ4n) is 2.51. The van der Waals surface area contributed by atoms with Crippen LogP contribution in [0.3, 0.4) is 0 Å². The first-order valence-electron chi connectivity index (χ1n) is 6.16. The van der Waals surface area contributed by atoms with E-state index < -0.39 is 17.8 Å². The van der Waals surface area contributed by atoms with E-state index >= 15 is 0 Å². The first-order chi connectivity index (χ1) is 7.99. The second-order valence-electron chi connectivity index (χ2n) is 5.12. The largest absolute Gasteiger partial charge is 0.481 e. The van der Waals surface area contributed by atoms with E-state index in [-0.39, 0.29) is 18.1 Å². The Morgan fingerprint density at radius 1 is 1.18 bits per heavy atom. The van der Waals surface area contributed by atoms with Crippen molar-refractivity contribution in [2.75, 3.05) is 13.1 Å². The van der Waals surface area contributed by atoms with Crippen molar-refractivity contribution in [3.8, 4) is 0 Å². The summed E-state index contributed by atoms with van der Waals surface area (Å²) in [5.74, 6) is -2.07. The van der Waals surface area contributed by atoms with Crippen molar-refractivity contribution < 1.29 is 19.4 Å². The van der Waals surface area contributed by atoms with Gasteiger partial charge < -0.3 is 14.7 Å². The molecule has 0 radical (unpaired) electrons. The normalized spacial score (nSPS) is 31.1. The summed E-state index contributed by atoms with van der Waals surface area (Å²) in [6, 6.07) is 0. The molecule has 1 N–H and O–H groups in total. The minimum Gasteiger partial charge on any atom is -0.481 e. The van der Waals surface area contributed by atoms with Crippen molar-refractivity contribution in [3.05, 3.63) is 0 Å². The fraction of sp³-hybridized carbons (Fsp3) is 0.833. The first-order valence-corrected chi connectivity index (χ1v) is 6.16. The predicted molar refractivity (Wildman–Crippen MR) is 60.4 cm³/mol. The van der Waals surface area contributed by atoms with Crippen molar-refractivity contribution in [1.82, 2.24) is 4.90 Å². The Kier molecular flexibility index (Phi) is 3.38. The standard InChI is InChI=1S/C12H19NO4/c1-7(8(2)12(15)16)11(14)13-5-9-3-4-10(6-13)17-9/h7-10H,3-6H2,1-2H3,(H,15,16). The number of likely N-dealkylation sites (tertiary alicyclic amines) is 1. The van der Waals surface area contributed by atoms with E-state index in [0.29, 0.717) is 13.1 Å². The number of hydrogen-bond acceptors (Lipinski definition) is 3. The Hall–Kier alpha value is -1.10. The topological polar surface area (TPSA) is 66.8 Å². The monoisotopic (exact) mass is 241 g/mol. The van der Waals surface area contributed by atoms with Gasteiger partial charge in [0.2, 0.25) is 5.91 Å². The third kappa shape index (κ3) is 2.44. The number of amides is 1. The van der Waals surface area contributed by atoms with Crippen molar-refractivity contribution in [2.45, 2.75) is 38.9 Å². The molecule has 4 atom stereocenters. The third-order valence-corrected chi connectivity index (χ3v) is 3.88. The second-order valence-corrected chi connectivity index (χ2v) is 5.12. The molecule has 2 fully saturated rings. The molecule has 17 heavy (non-hydrogen) atoms. The molecule has 4 unspecified atom stereocenters. The van der Waals surface area contributed by atoms with E-state index in [9.17, 15) is 9.59 Å². The maximum absolute atomic E-state index is 12.2. The summed E-state index contributed by atoms with van der Waals surface area (Å²) in [6.07, 6.45) is 2.34. The van der Waals surface area contributed by atoms with Gasteiger partial charge in [0.15, 0.2) is 0 Å². The van der Waals surface area contributed by atoms with Crippen LogP contribution in [0.25, 0.3) is 0 Å². The minimum atomic E-state index is -0.915. The van der Waals surface area contributed by atoms with Crippen LogP contribution < -0.4 is 0 Å². The molecule has 2 rings (SSSR count). The van der Waals surface area contributed by atoms with Gasteiger partial charge in [0, 0.05) is 19.0 Å². The van der Waals surface area contributed by atoms with Crippen LogP contribution >= 0.6 is 0 Å². The van der Waals surface area contributed by atoms with Crippen LogP contribution in [-0.2, 0) is 14.3 Å². The summed E-state index contributed by atoms with van der Waals surface area (Å²) in [5.41, 5.74) is 0. The minimum absolute atomic E-state index is 0.0555. The van der Waals surface area contributed by atoms with Crippen LogP contribution in [0.2, 0.25) is 0 Å². The maximum Gasteiger partial charge on any atom is 0.307 e. The quantitative estimate of drug-likeness (QED) is 0.791. The second kappa shape index (κ2) is 4.64. The molecule has 0 saturated carbocycles. The highest BCUT2D eigenvalue weighted by Crippen LogP contribution is 2.28. The molecule has 5 heteroatoms. The number of aliphatic carboxylic acids is 1. The zero-order chi connectivity index (χ0) is 12.6. The lowest BCUT2D eigenvalue weighted by Crippen LogP contribution is -2.49. The highest BCUT2D eigenvalue weighted by atomic mass is 16.5. The Labute approximate surface area is 101 Å². The zero-order valence-electron chi connectivity index (χ0n) is 10.3. The van der Waals surface area contributed by atoms with Gasteiger partial charge in [0.25, 0.3) is 0 Å². The van der Waals surface area contributed by atoms with Gasteiger partial charge in [-0.05, 0) is 12.8 Å². The zero-order valence-corrected chi connectivity index (χ0v) is 10.3. The molecule has 0 aliphatic carbocycles. The molecule has 2 aliphatic heterocycles. The molecule has 1 amide bonds. The number of carbonyl (C=O) groups is 2. The maximum atomic E-state index is 12.2. The number of fused-ring (bicyclic) bond motifs is 2. The van der Waals surface area contributed by atoms with Crippen LogP contribution in [0.15, 0.2) is 0 Å². The summed E-state index contributed by atoms with van der Waals surface area (Å²) in [5, 5.41) is 8.92. The molecule has 0 spiro atoms. The lowest BCUT2D eigenvalue weighted by atomic mass is 9.94. The number of hydrogen-bond donors (Lipinski definition) is 1. The van der Waals surface area contributed by atoms with Crippen LogP contribution in [0.5, 0.6) is 0 Å². The van der Waals surface area contributed by atoms with Gasteiger partial charge in [-0.1, -0.05) is 13.8 Å². The summed E-state index contributed by atoms with van der Waals surface area (Å²) in [6.45, 7) is 4.51. The lowest BCUT2D eigenvalue weighted by molar-refractivity contribution is -0.152. The van der Waals surface area contributed by atoms with Crippen molar-refractivity contribution in [2.24, 2.45) is 11.8 Å². The number of ether oxygens (including phenoxy) is 1. The van der Waals surface area contributed by atoms with E-state index in [1.165, 1.54) is 0 Å². The van der Waals surface area contributed by atoms with Crippen molar-refractivity contribution >= 4 is 11.9 Å². The Morgan fingerprint density at radius 3 is 2.18 bits per heavy atom. The van der Waals surface area contributed by atoms with Gasteiger partial charge in [0.05, 0.1) is 18.1 Å². The van der Waals surface area contributed by atoms with Crippen molar-refractivity contribution in [3.63, 3.8) is 0 Å². The SMILES string of the molecule is CC(C(=O)O)C(C)C(=O)N1CC2CCC(C1)O2. The number of nitrogens with zero attached hydrogens (tertiary/aromatic N) is 1. The Balaban J connectivity index is 1.98. The number of carboxylic acids is 1. The molecule has 0 aromatic heterocycles. The smallest absolute Gasteiger partial charge is 0.307 e. The van der Waals surface area contributed by atoms with E-state index in [1.54, 1.807) is 18.7 Å². The van der Waals surface area contributed by atoms with E-state index in [4.69, 9.17) is 9.84 Å². The molecule has 5 nitrogen and oxygen atoms in total. The van der Waals surface area contributed by atoms with Crippen LogP contribution in [0.1, 0.15) is 26.7 Å². The van der Waals surface area contributed by atoms with Gasteiger partial charge in [0.1, 0.15) is 0 Å². The van der Waals surface area contributed by atoms with E-state index in [0.717, 1.165) is 12.8 Å². The summed E-state index contributed by atoms with van der Waals surface area (Å²) in [7, 11) is 0. The molecule has 0 aromatic carbocycles. The number of morpholine rings is 1. The van der Waals surface area contributed by atoms with Crippen molar-refractivity contribution in [1.29, 1.82) is 0 Å². The number of carboxylic acid groups (broad SMARTS) is 1. The molecule has 2 aliphatic rings. The van der Waals surface area contributed by atoms with Crippen LogP contribution in [0, 0.1) is 11.8 Å². The first kappa shape index (κ1) is 12.4. The Morgan fingerprint density at radius 2 is 1.71 bits per heavy atom. The van der Waals surface area contributed by atoms with E-state index in [1.807, 2.05) is 0 Å². The summed E-state index contributed by atoms with van der Waals surface area (Å²) >= 11 is 0. The molecule has 2 saturated heterocycles. The average molecular weight is 241 g/mol. The fourth-order valence-corrected chi connectivity index (χ4v) is 2.51. The van der Waals surface area contributed by atoms with Gasteiger partial charge in [-0.3, -0.25) is 9.59 Å². The summed E-state index contributed by atoms with van der Waals surface area (Å²) in [4.78, 5) is 24.8. The van der Waals surface area contributed by atoms with Gasteiger partial charge in [-0.25, -0.2) is 0 Å². The van der Waals surface area contributed by atoms with Gasteiger partial charge in [-0.15, -0.1) is 0 Å². The highest BCUT2D eigenvalue weighted by Gasteiger charge is 2.38. The van der Waals surface area contributed by atoms with Crippen LogP contribution in [-0.4, -0.2) is 47.2 Å². The molecular weight excluding hydrogens is 222 g/mol.